The van der Waals surface area contributed by atoms with Crippen molar-refractivity contribution in [2.45, 2.75) is 105 Å². The van der Waals surface area contributed by atoms with Crippen molar-refractivity contribution < 1.29 is 79.9 Å². The first kappa shape index (κ1) is 30.9. The van der Waals surface area contributed by atoms with Gasteiger partial charge in [-0.25, -0.2) is 0 Å². The summed E-state index contributed by atoms with van der Waals surface area (Å²) in [5.74, 6) is -2.92. The summed E-state index contributed by atoms with van der Waals surface area (Å²) >= 11 is 0. The lowest BCUT2D eigenvalue weighted by Gasteiger charge is -2.53. The molecule has 37 heavy (non-hydrogen) atoms. The lowest BCUT2D eigenvalue weighted by molar-refractivity contribution is -0.420. The van der Waals surface area contributed by atoms with E-state index >= 15 is 0 Å². The van der Waals surface area contributed by atoms with Gasteiger partial charge < -0.3 is 79.9 Å². The van der Waals surface area contributed by atoms with Crippen LogP contribution in [0.4, 0.5) is 0 Å². The van der Waals surface area contributed by atoms with Gasteiger partial charge in [0.05, 0.1) is 19.8 Å². The second-order valence-corrected chi connectivity index (χ2v) is 9.76. The minimum atomic E-state index is -2.14. The average molecular weight is 547 g/mol. The maximum Gasteiger partial charge on any atom is 0.200 e. The van der Waals surface area contributed by atoms with Crippen molar-refractivity contribution in [3.05, 3.63) is 0 Å². The fourth-order valence-corrected chi connectivity index (χ4v) is 4.79. The van der Waals surface area contributed by atoms with Crippen LogP contribution in [0.15, 0.2) is 0 Å². The molecule has 0 saturated carbocycles. The predicted octanol–water partition coefficient (Wildman–Crippen LogP) is -6.55. The monoisotopic (exact) mass is 546 g/mol. The Bertz CT molecular complexity index is 723. The Morgan fingerprint density at radius 3 is 1.73 bits per heavy atom. The molecule has 0 aliphatic carbocycles. The molecule has 0 spiro atoms. The Balaban J connectivity index is 1.83. The summed E-state index contributed by atoms with van der Waals surface area (Å²) in [6.07, 6.45) is -23.8. The molecule has 3 heterocycles. The Morgan fingerprint density at radius 1 is 0.649 bits per heavy atom. The van der Waals surface area contributed by atoms with Crippen LogP contribution in [0.5, 0.6) is 0 Å². The zero-order chi connectivity index (χ0) is 27.8. The molecule has 218 valence electrons. The molecule has 3 aliphatic rings. The first-order valence-electron chi connectivity index (χ1n) is 11.9. The van der Waals surface area contributed by atoms with Crippen molar-refractivity contribution in [3.8, 4) is 0 Å². The number of aliphatic hydroxyl groups excluding tert-OH is 11. The minimum Gasteiger partial charge on any atom is -0.394 e. The highest BCUT2D eigenvalue weighted by Gasteiger charge is 2.60. The van der Waals surface area contributed by atoms with Crippen molar-refractivity contribution >= 4 is 0 Å². The van der Waals surface area contributed by atoms with E-state index in [1.807, 2.05) is 0 Å². The van der Waals surface area contributed by atoms with E-state index in [-0.39, 0.29) is 0 Å². The molecule has 16 heteroatoms. The molecule has 3 saturated heterocycles. The van der Waals surface area contributed by atoms with Crippen molar-refractivity contribution in [1.82, 2.24) is 0 Å². The van der Waals surface area contributed by atoms with E-state index in [9.17, 15) is 56.2 Å². The predicted molar refractivity (Wildman–Crippen MR) is 115 cm³/mol. The molecular weight excluding hydrogens is 508 g/mol. The van der Waals surface area contributed by atoms with Crippen molar-refractivity contribution in [1.29, 1.82) is 0 Å². The number of hydrogen-bond acceptors (Lipinski definition) is 16. The molecule has 0 aromatic heterocycles. The summed E-state index contributed by atoms with van der Waals surface area (Å²) in [7, 11) is 0. The second-order valence-electron chi connectivity index (χ2n) is 9.76. The van der Waals surface area contributed by atoms with Gasteiger partial charge in [-0.15, -0.1) is 0 Å². The van der Waals surface area contributed by atoms with E-state index in [1.54, 1.807) is 0 Å². The summed E-state index contributed by atoms with van der Waals surface area (Å²) in [5, 5.41) is 112. The van der Waals surface area contributed by atoms with Crippen LogP contribution in [0, 0.1) is 5.92 Å². The van der Waals surface area contributed by atoms with E-state index in [1.165, 1.54) is 13.8 Å². The van der Waals surface area contributed by atoms with Gasteiger partial charge in [-0.05, 0) is 0 Å². The Hall–Kier alpha value is -0.640. The van der Waals surface area contributed by atoms with E-state index in [4.69, 9.17) is 23.7 Å². The highest BCUT2D eigenvalue weighted by Crippen LogP contribution is 2.40. The van der Waals surface area contributed by atoms with Crippen molar-refractivity contribution in [3.63, 3.8) is 0 Å². The molecule has 0 amide bonds. The smallest absolute Gasteiger partial charge is 0.200 e. The summed E-state index contributed by atoms with van der Waals surface area (Å²) in [6, 6.07) is 0. The van der Waals surface area contributed by atoms with Gasteiger partial charge in [0.2, 0.25) is 0 Å². The number of rotatable bonds is 8. The van der Waals surface area contributed by atoms with Gasteiger partial charge >= 0.3 is 0 Å². The van der Waals surface area contributed by atoms with Crippen molar-refractivity contribution in [2.24, 2.45) is 5.92 Å². The first-order chi connectivity index (χ1) is 17.3. The summed E-state index contributed by atoms with van der Waals surface area (Å²) in [6.45, 7) is 0.689. The molecule has 0 aromatic carbocycles. The van der Waals surface area contributed by atoms with Gasteiger partial charge in [0.1, 0.15) is 73.2 Å². The Labute approximate surface area is 211 Å². The van der Waals surface area contributed by atoms with Gasteiger partial charge in [-0.3, -0.25) is 0 Å². The maximum absolute atomic E-state index is 10.9. The van der Waals surface area contributed by atoms with Gasteiger partial charge in [0, 0.05) is 5.92 Å². The third kappa shape index (κ3) is 5.66. The van der Waals surface area contributed by atoms with Gasteiger partial charge in [0.25, 0.3) is 0 Å². The quantitative estimate of drug-likeness (QED) is 0.135. The van der Waals surface area contributed by atoms with Crippen LogP contribution in [0.25, 0.3) is 0 Å². The fourth-order valence-electron chi connectivity index (χ4n) is 4.79. The Kier molecular flexibility index (Phi) is 10.2. The van der Waals surface area contributed by atoms with E-state index in [0.717, 1.165) is 0 Å². The standard InChI is InChI=1S/C21H38O16/c1-6(2)21(18(31)13(28)10(25)7(3-22)36-21)37-17-9(5-24)34-20(15(30)12(17)27)35-16-8(4-23)33-19(32)14(29)11(16)26/h6-20,22-32H,3-5H2,1-2H3/t7-,8-,9-,10-,11-,12-,13+,14-,15-,16-,17-,18-,19+,20?,21?/m1/s1. The minimum absolute atomic E-state index is 0.757. The van der Waals surface area contributed by atoms with E-state index < -0.39 is 117 Å². The Morgan fingerprint density at radius 2 is 1.19 bits per heavy atom. The molecule has 3 rings (SSSR count). The molecule has 3 fully saturated rings. The number of hydrogen-bond donors (Lipinski definition) is 11. The molecule has 15 atom stereocenters. The average Bonchev–Trinajstić information content (AvgIpc) is 2.88. The lowest BCUT2D eigenvalue weighted by Crippen LogP contribution is -2.71. The topological polar surface area (TPSA) is 269 Å². The fraction of sp³-hybridized carbons (Fsp3) is 1.00. The molecule has 0 radical (unpaired) electrons. The maximum atomic E-state index is 10.9. The molecule has 0 bridgehead atoms. The van der Waals surface area contributed by atoms with Crippen LogP contribution in [0.1, 0.15) is 13.8 Å². The third-order valence-electron chi connectivity index (χ3n) is 7.06. The third-order valence-corrected chi connectivity index (χ3v) is 7.06. The molecule has 11 N–H and O–H groups in total. The molecule has 2 unspecified atom stereocenters. The SMILES string of the molecule is CC(C)C1(O[C@H]2[C@H](O)[C@@H](O)C(O[C@H]3[C@H](O)[C@@H](O)[C@@H](O)O[C@@H]3CO)O[C@@H]2CO)O[C@H](CO)[C@@H](O)[C@H](O)[C@H]1O. The summed E-state index contributed by atoms with van der Waals surface area (Å²) in [4.78, 5) is 0. The first-order valence-corrected chi connectivity index (χ1v) is 11.9. The highest BCUT2D eigenvalue weighted by atomic mass is 16.8. The molecule has 0 aromatic rings. The summed E-state index contributed by atoms with van der Waals surface area (Å²) < 4.78 is 27.5. The highest BCUT2D eigenvalue weighted by molar-refractivity contribution is 5.02. The normalized spacial score (nSPS) is 51.4. The van der Waals surface area contributed by atoms with Crippen LogP contribution in [0.3, 0.4) is 0 Å². The molecular formula is C21H38O16. The van der Waals surface area contributed by atoms with Gasteiger partial charge in [-0.2, -0.15) is 0 Å². The number of aliphatic hydroxyl groups is 11. The van der Waals surface area contributed by atoms with E-state index in [0.29, 0.717) is 0 Å². The van der Waals surface area contributed by atoms with Crippen LogP contribution in [-0.4, -0.2) is 168 Å². The van der Waals surface area contributed by atoms with Gasteiger partial charge in [0.15, 0.2) is 18.4 Å². The summed E-state index contributed by atoms with van der Waals surface area (Å²) in [5.41, 5.74) is 0. The lowest BCUT2D eigenvalue weighted by atomic mass is 9.85. The van der Waals surface area contributed by atoms with Crippen LogP contribution in [-0.2, 0) is 23.7 Å². The van der Waals surface area contributed by atoms with Crippen molar-refractivity contribution in [2.75, 3.05) is 19.8 Å². The van der Waals surface area contributed by atoms with E-state index in [2.05, 4.69) is 0 Å². The van der Waals surface area contributed by atoms with Crippen LogP contribution in [0.2, 0.25) is 0 Å². The second kappa shape index (κ2) is 12.3. The zero-order valence-electron chi connectivity index (χ0n) is 20.2. The molecule has 16 nitrogen and oxygen atoms in total. The van der Waals surface area contributed by atoms with Gasteiger partial charge in [-0.1, -0.05) is 13.8 Å². The van der Waals surface area contributed by atoms with Crippen LogP contribution < -0.4 is 0 Å². The zero-order valence-corrected chi connectivity index (χ0v) is 20.2. The van der Waals surface area contributed by atoms with Crippen LogP contribution >= 0.6 is 0 Å². The number of ether oxygens (including phenoxy) is 5. The molecule has 3 aliphatic heterocycles. The largest absolute Gasteiger partial charge is 0.394 e.